The van der Waals surface area contributed by atoms with Gasteiger partial charge in [0.15, 0.2) is 6.61 Å². The van der Waals surface area contributed by atoms with Crippen LogP contribution in [-0.2, 0) is 14.3 Å². The quantitative estimate of drug-likeness (QED) is 0.629. The molecule has 0 aliphatic rings. The van der Waals surface area contributed by atoms with Gasteiger partial charge < -0.3 is 19.5 Å². The molecule has 1 amide bonds. The zero-order valence-electron chi connectivity index (χ0n) is 16.2. The van der Waals surface area contributed by atoms with Crippen molar-refractivity contribution < 1.29 is 23.8 Å². The lowest BCUT2D eigenvalue weighted by atomic mass is 10.1. The van der Waals surface area contributed by atoms with E-state index in [1.54, 1.807) is 30.3 Å². The standard InChI is InChI=1S/C21H24ClNO5/c1-4-26-16-5-7-17(8-6-16)27-10-9-20(25)28-13-19(24)23-21-15(3)11-14(2)12-18(21)22/h5-8,11-12H,4,9-10,13H2,1-3H3,(H,23,24). The van der Waals surface area contributed by atoms with Crippen LogP contribution in [0.3, 0.4) is 0 Å². The first-order chi connectivity index (χ1) is 13.4. The maximum Gasteiger partial charge on any atom is 0.309 e. The molecule has 0 aliphatic carbocycles. The normalized spacial score (nSPS) is 10.3. The number of benzene rings is 2. The second-order valence-corrected chi connectivity index (χ2v) is 6.56. The van der Waals surface area contributed by atoms with Crippen molar-refractivity contribution >= 4 is 29.2 Å². The number of carbonyl (C=O) groups is 2. The second-order valence-electron chi connectivity index (χ2n) is 6.15. The van der Waals surface area contributed by atoms with E-state index < -0.39 is 11.9 Å². The van der Waals surface area contributed by atoms with E-state index >= 15 is 0 Å². The van der Waals surface area contributed by atoms with Crippen LogP contribution >= 0.6 is 11.6 Å². The second kappa shape index (κ2) is 10.6. The van der Waals surface area contributed by atoms with Crippen LogP contribution in [-0.4, -0.2) is 31.7 Å². The maximum atomic E-state index is 12.0. The number of hydrogen-bond acceptors (Lipinski definition) is 5. The van der Waals surface area contributed by atoms with E-state index in [0.29, 0.717) is 23.1 Å². The highest BCUT2D eigenvalue weighted by atomic mass is 35.5. The minimum atomic E-state index is -0.521. The van der Waals surface area contributed by atoms with E-state index in [9.17, 15) is 9.59 Å². The molecule has 0 aliphatic heterocycles. The van der Waals surface area contributed by atoms with Crippen molar-refractivity contribution in [2.24, 2.45) is 0 Å². The summed E-state index contributed by atoms with van der Waals surface area (Å²) in [4.78, 5) is 23.8. The molecule has 0 saturated heterocycles. The number of ether oxygens (including phenoxy) is 3. The van der Waals surface area contributed by atoms with Crippen molar-refractivity contribution in [3.8, 4) is 11.5 Å². The lowest BCUT2D eigenvalue weighted by molar-refractivity contribution is -0.147. The molecule has 28 heavy (non-hydrogen) atoms. The predicted molar refractivity (Wildman–Crippen MR) is 108 cm³/mol. The SMILES string of the molecule is CCOc1ccc(OCCC(=O)OCC(=O)Nc2c(C)cc(C)cc2Cl)cc1. The van der Waals surface area contributed by atoms with Gasteiger partial charge in [0.2, 0.25) is 0 Å². The Kier molecular flexibility index (Phi) is 8.14. The summed E-state index contributed by atoms with van der Waals surface area (Å²) in [5, 5.41) is 3.11. The van der Waals surface area contributed by atoms with Gasteiger partial charge in [0.1, 0.15) is 11.5 Å². The van der Waals surface area contributed by atoms with Crippen LogP contribution in [0.4, 0.5) is 5.69 Å². The lowest BCUT2D eigenvalue weighted by Gasteiger charge is -2.12. The van der Waals surface area contributed by atoms with E-state index in [1.807, 2.05) is 26.8 Å². The molecule has 0 heterocycles. The van der Waals surface area contributed by atoms with Crippen molar-refractivity contribution in [3.05, 3.63) is 52.5 Å². The Balaban J connectivity index is 1.71. The molecule has 6 nitrogen and oxygen atoms in total. The van der Waals surface area contributed by atoms with Gasteiger partial charge in [0.25, 0.3) is 5.91 Å². The van der Waals surface area contributed by atoms with E-state index in [-0.39, 0.29) is 19.6 Å². The molecule has 0 spiro atoms. The van der Waals surface area contributed by atoms with Crippen molar-refractivity contribution in [2.45, 2.75) is 27.2 Å². The molecule has 0 radical (unpaired) electrons. The highest BCUT2D eigenvalue weighted by Gasteiger charge is 2.12. The summed E-state index contributed by atoms with van der Waals surface area (Å²) in [5.74, 6) is 0.408. The molecule has 0 saturated carbocycles. The van der Waals surface area contributed by atoms with Crippen LogP contribution in [0, 0.1) is 13.8 Å². The smallest absolute Gasteiger partial charge is 0.309 e. The number of carbonyl (C=O) groups excluding carboxylic acids is 2. The number of halogens is 1. The summed E-state index contributed by atoms with van der Waals surface area (Å²) in [6.07, 6.45) is 0.0325. The molecule has 0 bridgehead atoms. The zero-order chi connectivity index (χ0) is 20.5. The highest BCUT2D eigenvalue weighted by molar-refractivity contribution is 6.34. The predicted octanol–water partition coefficient (Wildman–Crippen LogP) is 4.31. The fourth-order valence-electron chi connectivity index (χ4n) is 2.52. The third kappa shape index (κ3) is 6.78. The Labute approximate surface area is 169 Å². The molecule has 7 heteroatoms. The van der Waals surface area contributed by atoms with Gasteiger partial charge in [-0.05, 0) is 62.2 Å². The molecular weight excluding hydrogens is 382 g/mol. The zero-order valence-corrected chi connectivity index (χ0v) is 17.0. The summed E-state index contributed by atoms with van der Waals surface area (Å²) in [6.45, 7) is 6.03. The van der Waals surface area contributed by atoms with Gasteiger partial charge in [-0.3, -0.25) is 9.59 Å². The topological polar surface area (TPSA) is 73.9 Å². The largest absolute Gasteiger partial charge is 0.494 e. The van der Waals surface area contributed by atoms with Gasteiger partial charge >= 0.3 is 5.97 Å². The highest BCUT2D eigenvalue weighted by Crippen LogP contribution is 2.27. The van der Waals surface area contributed by atoms with Crippen molar-refractivity contribution in [2.75, 3.05) is 25.1 Å². The molecule has 0 atom stereocenters. The maximum absolute atomic E-state index is 12.0. The summed E-state index contributed by atoms with van der Waals surface area (Å²) >= 11 is 6.15. The number of esters is 1. The molecule has 0 aromatic heterocycles. The molecule has 150 valence electrons. The van der Waals surface area contributed by atoms with Gasteiger partial charge in [-0.1, -0.05) is 17.7 Å². The Morgan fingerprint density at radius 2 is 1.68 bits per heavy atom. The minimum Gasteiger partial charge on any atom is -0.494 e. The first-order valence-electron chi connectivity index (χ1n) is 8.97. The molecule has 0 unspecified atom stereocenters. The fourth-order valence-corrected chi connectivity index (χ4v) is 2.89. The van der Waals surface area contributed by atoms with Gasteiger partial charge in [0.05, 0.1) is 30.3 Å². The van der Waals surface area contributed by atoms with Crippen LogP contribution in [0.5, 0.6) is 11.5 Å². The average Bonchev–Trinajstić information content (AvgIpc) is 2.64. The van der Waals surface area contributed by atoms with Gasteiger partial charge in [-0.25, -0.2) is 0 Å². The fraction of sp³-hybridized carbons (Fsp3) is 0.333. The number of anilines is 1. The lowest BCUT2D eigenvalue weighted by Crippen LogP contribution is -2.22. The Morgan fingerprint density at radius 3 is 2.29 bits per heavy atom. The van der Waals surface area contributed by atoms with E-state index in [1.165, 1.54) is 0 Å². The molecule has 1 N–H and O–H groups in total. The summed E-state index contributed by atoms with van der Waals surface area (Å²) in [7, 11) is 0. The van der Waals surface area contributed by atoms with E-state index in [2.05, 4.69) is 5.32 Å². The van der Waals surface area contributed by atoms with Crippen LogP contribution in [0.2, 0.25) is 5.02 Å². The molecule has 0 fully saturated rings. The van der Waals surface area contributed by atoms with Gasteiger partial charge in [-0.2, -0.15) is 0 Å². The molecule has 2 rings (SSSR count). The summed E-state index contributed by atoms with van der Waals surface area (Å²) in [5.41, 5.74) is 2.36. The van der Waals surface area contributed by atoms with E-state index in [0.717, 1.165) is 16.9 Å². The summed E-state index contributed by atoms with van der Waals surface area (Å²) in [6, 6.07) is 10.8. The average molecular weight is 406 g/mol. The number of rotatable bonds is 9. The van der Waals surface area contributed by atoms with Crippen molar-refractivity contribution in [3.63, 3.8) is 0 Å². The summed E-state index contributed by atoms with van der Waals surface area (Å²) < 4.78 is 15.8. The Hall–Kier alpha value is -2.73. The van der Waals surface area contributed by atoms with Crippen LogP contribution in [0.25, 0.3) is 0 Å². The van der Waals surface area contributed by atoms with Gasteiger partial charge in [0, 0.05) is 0 Å². The van der Waals surface area contributed by atoms with Crippen LogP contribution in [0.1, 0.15) is 24.5 Å². The Bertz CT molecular complexity index is 797. The number of hydrogen-bond donors (Lipinski definition) is 1. The molecular formula is C21H24ClNO5. The molecule has 2 aromatic carbocycles. The number of nitrogens with one attached hydrogen (secondary N) is 1. The number of amides is 1. The van der Waals surface area contributed by atoms with E-state index in [4.69, 9.17) is 25.8 Å². The third-order valence-electron chi connectivity index (χ3n) is 3.77. The number of aryl methyl sites for hydroxylation is 2. The first kappa shape index (κ1) is 21.6. The molecule has 2 aromatic rings. The first-order valence-corrected chi connectivity index (χ1v) is 9.34. The van der Waals surface area contributed by atoms with Crippen LogP contribution < -0.4 is 14.8 Å². The third-order valence-corrected chi connectivity index (χ3v) is 4.07. The van der Waals surface area contributed by atoms with Crippen LogP contribution in [0.15, 0.2) is 36.4 Å². The Morgan fingerprint density at radius 1 is 1.04 bits per heavy atom. The minimum absolute atomic E-state index is 0.0325. The van der Waals surface area contributed by atoms with Crippen molar-refractivity contribution in [1.29, 1.82) is 0 Å². The van der Waals surface area contributed by atoms with Crippen molar-refractivity contribution in [1.82, 2.24) is 0 Å². The monoisotopic (exact) mass is 405 g/mol. The van der Waals surface area contributed by atoms with Gasteiger partial charge in [-0.15, -0.1) is 0 Å².